The van der Waals surface area contributed by atoms with Gasteiger partial charge in [-0.15, -0.1) is 11.3 Å². The van der Waals surface area contributed by atoms with E-state index in [2.05, 4.69) is 0 Å². The van der Waals surface area contributed by atoms with E-state index in [-0.39, 0.29) is 17.3 Å². The molecule has 0 amide bonds. The number of aromatic nitrogens is 3. The van der Waals surface area contributed by atoms with Gasteiger partial charge in [0.05, 0.1) is 22.3 Å². The van der Waals surface area contributed by atoms with Crippen LogP contribution in [0.25, 0.3) is 26.8 Å². The fourth-order valence-corrected chi connectivity index (χ4v) is 5.91. The SMILES string of the molecule is Cc1nc2sc3c(c2c2nc(Oc4cccc(F)c4)n(-c4ccccc4)c(=O)c12)CCCC3. The lowest BCUT2D eigenvalue weighted by Gasteiger charge is -2.16. The number of hydrogen-bond donors (Lipinski definition) is 0. The molecule has 0 atom stereocenters. The summed E-state index contributed by atoms with van der Waals surface area (Å²) < 4.78 is 21.3. The van der Waals surface area contributed by atoms with Crippen molar-refractivity contribution in [2.45, 2.75) is 32.6 Å². The molecule has 0 N–H and O–H groups in total. The molecular weight excluding hydrogens is 437 g/mol. The Morgan fingerprint density at radius 2 is 1.82 bits per heavy atom. The highest BCUT2D eigenvalue weighted by Gasteiger charge is 2.24. The summed E-state index contributed by atoms with van der Waals surface area (Å²) in [6.07, 6.45) is 4.27. The summed E-state index contributed by atoms with van der Waals surface area (Å²) >= 11 is 1.70. The summed E-state index contributed by atoms with van der Waals surface area (Å²) in [5.41, 5.74) is 2.88. The van der Waals surface area contributed by atoms with Crippen molar-refractivity contribution >= 4 is 32.5 Å². The van der Waals surface area contributed by atoms with Crippen LogP contribution in [0.1, 0.15) is 29.0 Å². The predicted molar refractivity (Wildman–Crippen MR) is 128 cm³/mol. The maximum Gasteiger partial charge on any atom is 0.310 e. The first-order chi connectivity index (χ1) is 16.1. The molecule has 0 saturated heterocycles. The number of pyridine rings is 1. The number of nitrogens with zero attached hydrogens (tertiary/aromatic N) is 3. The highest BCUT2D eigenvalue weighted by Crippen LogP contribution is 2.39. The molecule has 5 nitrogen and oxygen atoms in total. The van der Waals surface area contributed by atoms with Crippen LogP contribution in [0.15, 0.2) is 59.4 Å². The Bertz CT molecular complexity index is 1590. The zero-order valence-corrected chi connectivity index (χ0v) is 18.8. The largest absolute Gasteiger partial charge is 0.425 e. The fraction of sp³-hybridized carbons (Fsp3) is 0.192. The lowest BCUT2D eigenvalue weighted by molar-refractivity contribution is 0.424. The quantitative estimate of drug-likeness (QED) is 0.328. The average Bonchev–Trinajstić information content (AvgIpc) is 3.18. The molecule has 0 radical (unpaired) electrons. The molecule has 0 spiro atoms. The Kier molecular flexibility index (Phi) is 4.73. The van der Waals surface area contributed by atoms with Crippen molar-refractivity contribution in [2.75, 3.05) is 0 Å². The number of benzene rings is 2. The fourth-order valence-electron chi connectivity index (χ4n) is 4.60. The Morgan fingerprint density at radius 3 is 2.64 bits per heavy atom. The number of ether oxygens (including phenoxy) is 1. The maximum atomic E-state index is 13.9. The van der Waals surface area contributed by atoms with E-state index in [1.54, 1.807) is 23.5 Å². The second-order valence-corrected chi connectivity index (χ2v) is 9.33. The molecule has 3 aromatic heterocycles. The van der Waals surface area contributed by atoms with E-state index in [0.29, 0.717) is 22.3 Å². The third-order valence-electron chi connectivity index (χ3n) is 6.09. The second-order valence-electron chi connectivity index (χ2n) is 8.24. The number of hydrogen-bond acceptors (Lipinski definition) is 5. The molecule has 5 aromatic rings. The van der Waals surface area contributed by atoms with Crippen LogP contribution in [0, 0.1) is 12.7 Å². The van der Waals surface area contributed by atoms with E-state index in [0.717, 1.165) is 29.5 Å². The van der Waals surface area contributed by atoms with Gasteiger partial charge in [-0.3, -0.25) is 4.79 Å². The first kappa shape index (κ1) is 20.1. The van der Waals surface area contributed by atoms with Gasteiger partial charge in [-0.1, -0.05) is 24.3 Å². The Morgan fingerprint density at radius 1 is 1.00 bits per heavy atom. The first-order valence-electron chi connectivity index (χ1n) is 11.0. The van der Waals surface area contributed by atoms with Gasteiger partial charge < -0.3 is 4.74 Å². The highest BCUT2D eigenvalue weighted by molar-refractivity contribution is 7.19. The Balaban J connectivity index is 1.71. The number of rotatable bonds is 3. The standard InChI is InChI=1S/C26H20FN3O2S/c1-15-21-23(22-19-12-5-6-13-20(19)33-24(22)28-15)29-26(32-18-11-7-8-16(27)14-18)30(25(21)31)17-9-3-2-4-10-17/h2-4,7-11,14H,5-6,12-13H2,1H3. The smallest absolute Gasteiger partial charge is 0.310 e. The van der Waals surface area contributed by atoms with Crippen molar-refractivity contribution in [3.05, 3.63) is 86.9 Å². The zero-order chi connectivity index (χ0) is 22.5. The van der Waals surface area contributed by atoms with Crippen LogP contribution in [-0.4, -0.2) is 14.5 Å². The summed E-state index contributed by atoms with van der Waals surface area (Å²) in [4.78, 5) is 25.8. The van der Waals surface area contributed by atoms with Gasteiger partial charge in [-0.2, -0.15) is 4.98 Å². The molecule has 0 aliphatic heterocycles. The molecule has 7 heteroatoms. The topological polar surface area (TPSA) is 57.0 Å². The van der Waals surface area contributed by atoms with Crippen molar-refractivity contribution in [1.29, 1.82) is 0 Å². The summed E-state index contributed by atoms with van der Waals surface area (Å²) in [6, 6.07) is 15.2. The molecule has 3 heterocycles. The van der Waals surface area contributed by atoms with Gasteiger partial charge in [-0.25, -0.2) is 13.9 Å². The normalized spacial score (nSPS) is 13.4. The molecule has 0 bridgehead atoms. The molecule has 0 fully saturated rings. The zero-order valence-electron chi connectivity index (χ0n) is 18.0. The Hall–Kier alpha value is -3.58. The Labute approximate surface area is 193 Å². The van der Waals surface area contributed by atoms with Crippen LogP contribution < -0.4 is 10.3 Å². The number of para-hydroxylation sites is 1. The third-order valence-corrected chi connectivity index (χ3v) is 7.28. The minimum Gasteiger partial charge on any atom is -0.425 e. The van der Waals surface area contributed by atoms with Crippen molar-refractivity contribution in [2.24, 2.45) is 0 Å². The molecule has 164 valence electrons. The van der Waals surface area contributed by atoms with E-state index < -0.39 is 5.82 Å². The molecular formula is C26H20FN3O2S. The molecule has 33 heavy (non-hydrogen) atoms. The molecule has 2 aromatic carbocycles. The molecule has 6 rings (SSSR count). The van der Waals surface area contributed by atoms with Gasteiger partial charge in [-0.05, 0) is 62.4 Å². The summed E-state index contributed by atoms with van der Waals surface area (Å²) in [5.74, 6) is -0.142. The summed E-state index contributed by atoms with van der Waals surface area (Å²) in [5, 5.41) is 1.45. The number of aryl methyl sites for hydroxylation is 3. The second kappa shape index (κ2) is 7.78. The minimum absolute atomic E-state index is 0.104. The number of thiophene rings is 1. The molecule has 1 aliphatic rings. The molecule has 1 aliphatic carbocycles. The number of fused-ring (bicyclic) bond motifs is 5. The van der Waals surface area contributed by atoms with Crippen LogP contribution in [-0.2, 0) is 12.8 Å². The van der Waals surface area contributed by atoms with Crippen molar-refractivity contribution in [3.63, 3.8) is 0 Å². The first-order valence-corrected chi connectivity index (χ1v) is 11.8. The van der Waals surface area contributed by atoms with Gasteiger partial charge in [0.2, 0.25) is 0 Å². The van der Waals surface area contributed by atoms with Gasteiger partial charge >= 0.3 is 6.01 Å². The average molecular weight is 458 g/mol. The van der Waals surface area contributed by atoms with Gasteiger partial charge in [0.15, 0.2) is 0 Å². The van der Waals surface area contributed by atoms with Gasteiger partial charge in [0.1, 0.15) is 16.4 Å². The van der Waals surface area contributed by atoms with E-state index >= 15 is 0 Å². The summed E-state index contributed by atoms with van der Waals surface area (Å²) in [7, 11) is 0. The van der Waals surface area contributed by atoms with Crippen LogP contribution in [0.2, 0.25) is 0 Å². The van der Waals surface area contributed by atoms with E-state index in [1.807, 2.05) is 37.3 Å². The highest BCUT2D eigenvalue weighted by atomic mass is 32.1. The molecule has 0 unspecified atom stereocenters. The number of halogens is 1. The third kappa shape index (κ3) is 3.31. The predicted octanol–water partition coefficient (Wildman–Crippen LogP) is 6.11. The summed E-state index contributed by atoms with van der Waals surface area (Å²) in [6.45, 7) is 1.85. The van der Waals surface area contributed by atoms with E-state index in [9.17, 15) is 9.18 Å². The monoisotopic (exact) mass is 457 g/mol. The minimum atomic E-state index is -0.420. The molecule has 0 saturated carbocycles. The lowest BCUT2D eigenvalue weighted by Crippen LogP contribution is -2.22. The van der Waals surface area contributed by atoms with Crippen molar-refractivity contribution in [3.8, 4) is 17.4 Å². The van der Waals surface area contributed by atoms with Crippen LogP contribution in [0.4, 0.5) is 4.39 Å². The van der Waals surface area contributed by atoms with Crippen LogP contribution >= 0.6 is 11.3 Å². The van der Waals surface area contributed by atoms with Gasteiger partial charge in [0.25, 0.3) is 5.56 Å². The van der Waals surface area contributed by atoms with Crippen molar-refractivity contribution in [1.82, 2.24) is 14.5 Å². The van der Waals surface area contributed by atoms with E-state index in [4.69, 9.17) is 14.7 Å². The van der Waals surface area contributed by atoms with E-state index in [1.165, 1.54) is 33.6 Å². The lowest BCUT2D eigenvalue weighted by atomic mass is 9.96. The van der Waals surface area contributed by atoms with Crippen molar-refractivity contribution < 1.29 is 9.13 Å². The van der Waals surface area contributed by atoms with Crippen LogP contribution in [0.5, 0.6) is 11.8 Å². The van der Waals surface area contributed by atoms with Gasteiger partial charge in [0, 0.05) is 16.3 Å². The van der Waals surface area contributed by atoms with Crippen LogP contribution in [0.3, 0.4) is 0 Å². The maximum absolute atomic E-state index is 13.9.